The van der Waals surface area contributed by atoms with Gasteiger partial charge in [-0.2, -0.15) is 0 Å². The van der Waals surface area contributed by atoms with Gasteiger partial charge < -0.3 is 9.47 Å². The van der Waals surface area contributed by atoms with Crippen molar-refractivity contribution in [3.8, 4) is 0 Å². The van der Waals surface area contributed by atoms with Gasteiger partial charge in [-0.3, -0.25) is 0 Å². The molecule has 136 valence electrons. The molecule has 0 radical (unpaired) electrons. The van der Waals surface area contributed by atoms with Crippen molar-refractivity contribution >= 4 is 17.5 Å². The van der Waals surface area contributed by atoms with Crippen LogP contribution in [0.2, 0.25) is 0 Å². The van der Waals surface area contributed by atoms with Gasteiger partial charge in [0.15, 0.2) is 0 Å². The van der Waals surface area contributed by atoms with Crippen molar-refractivity contribution in [2.24, 2.45) is 0 Å². The predicted molar refractivity (Wildman–Crippen MR) is 99.9 cm³/mol. The molecular weight excluding hydrogens is 316 g/mol. The van der Waals surface area contributed by atoms with Crippen molar-refractivity contribution in [1.29, 1.82) is 0 Å². The van der Waals surface area contributed by atoms with E-state index in [0.29, 0.717) is 13.2 Å². The number of carbonyl (C=O) groups is 2. The second-order valence-corrected chi connectivity index (χ2v) is 5.80. The number of unbranched alkanes of at least 4 members (excludes halogenated alkanes) is 2. The minimum atomic E-state index is -0.520. The Morgan fingerprint density at radius 1 is 0.920 bits per heavy atom. The van der Waals surface area contributed by atoms with Gasteiger partial charge in [0.2, 0.25) is 0 Å². The summed E-state index contributed by atoms with van der Waals surface area (Å²) in [6.45, 7) is 6.63. The van der Waals surface area contributed by atoms with Crippen molar-refractivity contribution in [3.63, 3.8) is 0 Å². The lowest BCUT2D eigenvalue weighted by molar-refractivity contribution is -0.141. The smallest absolute Gasteiger partial charge is 0.338 e. The monoisotopic (exact) mass is 344 g/mol. The number of hydrogen-bond donors (Lipinski definition) is 0. The lowest BCUT2D eigenvalue weighted by atomic mass is 10.0. The molecule has 0 unspecified atom stereocenters. The number of allylic oxidation sites excluding steroid dienone is 1. The van der Waals surface area contributed by atoms with Crippen molar-refractivity contribution < 1.29 is 19.1 Å². The van der Waals surface area contributed by atoms with Gasteiger partial charge in [-0.25, -0.2) is 9.59 Å². The predicted octanol–water partition coefficient (Wildman–Crippen LogP) is 4.70. The minimum Gasteiger partial charge on any atom is -0.463 e. The SMILES string of the molecule is CCCCOC(=O)/C=C(/C=C(C)c1ccccc1)C(=O)OCCCC. The van der Waals surface area contributed by atoms with Gasteiger partial charge in [-0.15, -0.1) is 0 Å². The summed E-state index contributed by atoms with van der Waals surface area (Å²) in [6.07, 6.45) is 6.36. The molecule has 1 rings (SSSR count). The van der Waals surface area contributed by atoms with E-state index in [1.807, 2.05) is 51.1 Å². The highest BCUT2D eigenvalue weighted by molar-refractivity contribution is 6.00. The number of carbonyl (C=O) groups excluding carboxylic acids is 2. The molecule has 1 aromatic rings. The quantitative estimate of drug-likeness (QED) is 0.267. The van der Waals surface area contributed by atoms with E-state index >= 15 is 0 Å². The maximum Gasteiger partial charge on any atom is 0.338 e. The van der Waals surface area contributed by atoms with Crippen LogP contribution in [0.1, 0.15) is 52.0 Å². The number of benzene rings is 1. The molecule has 0 amide bonds. The van der Waals surface area contributed by atoms with E-state index in [-0.39, 0.29) is 5.57 Å². The van der Waals surface area contributed by atoms with Crippen LogP contribution in [0.5, 0.6) is 0 Å². The molecule has 1 aromatic carbocycles. The van der Waals surface area contributed by atoms with Crippen molar-refractivity contribution in [2.45, 2.75) is 46.5 Å². The van der Waals surface area contributed by atoms with E-state index in [9.17, 15) is 9.59 Å². The number of rotatable bonds is 10. The molecular formula is C21H28O4. The van der Waals surface area contributed by atoms with Crippen molar-refractivity contribution in [1.82, 2.24) is 0 Å². The number of hydrogen-bond acceptors (Lipinski definition) is 4. The minimum absolute atomic E-state index is 0.207. The van der Waals surface area contributed by atoms with Crippen LogP contribution in [0.4, 0.5) is 0 Å². The van der Waals surface area contributed by atoms with Crippen LogP contribution in [0.3, 0.4) is 0 Å². The van der Waals surface area contributed by atoms with Gasteiger partial charge in [0.05, 0.1) is 18.8 Å². The molecule has 0 aliphatic rings. The summed E-state index contributed by atoms with van der Waals surface area (Å²) in [5, 5.41) is 0. The first-order valence-electron chi connectivity index (χ1n) is 8.87. The zero-order valence-corrected chi connectivity index (χ0v) is 15.4. The summed E-state index contributed by atoms with van der Waals surface area (Å²) in [5.41, 5.74) is 2.06. The number of ether oxygens (including phenoxy) is 2. The highest BCUT2D eigenvalue weighted by Crippen LogP contribution is 2.16. The zero-order chi connectivity index (χ0) is 18.5. The van der Waals surface area contributed by atoms with Gasteiger partial charge in [0.25, 0.3) is 0 Å². The summed E-state index contributed by atoms with van der Waals surface area (Å²) in [4.78, 5) is 24.3. The summed E-state index contributed by atoms with van der Waals surface area (Å²) in [5.74, 6) is -1.02. The van der Waals surface area contributed by atoms with E-state index in [2.05, 4.69) is 0 Å². The first-order valence-corrected chi connectivity index (χ1v) is 8.87. The van der Waals surface area contributed by atoms with Gasteiger partial charge >= 0.3 is 11.9 Å². The van der Waals surface area contributed by atoms with E-state index in [4.69, 9.17) is 9.47 Å². The largest absolute Gasteiger partial charge is 0.463 e. The molecule has 0 bridgehead atoms. The Kier molecular flexibility index (Phi) is 9.98. The summed E-state index contributed by atoms with van der Waals surface area (Å²) >= 11 is 0. The Bertz CT molecular complexity index is 600. The molecule has 25 heavy (non-hydrogen) atoms. The van der Waals surface area contributed by atoms with Crippen LogP contribution in [0, 0.1) is 0 Å². The average molecular weight is 344 g/mol. The standard InChI is InChI=1S/C21H28O4/c1-4-6-13-24-20(22)16-19(21(23)25-14-7-5-2)15-17(3)18-11-9-8-10-12-18/h8-12,15-16H,4-7,13-14H2,1-3H3/b17-15?,19-16-. The topological polar surface area (TPSA) is 52.6 Å². The maximum absolute atomic E-state index is 12.3. The molecule has 4 nitrogen and oxygen atoms in total. The molecule has 0 fully saturated rings. The van der Waals surface area contributed by atoms with Crippen LogP contribution >= 0.6 is 0 Å². The fourth-order valence-electron chi connectivity index (χ4n) is 2.06. The molecule has 0 heterocycles. The molecule has 0 atom stereocenters. The van der Waals surface area contributed by atoms with E-state index in [1.54, 1.807) is 6.08 Å². The highest BCUT2D eigenvalue weighted by Gasteiger charge is 2.12. The second-order valence-electron chi connectivity index (χ2n) is 5.80. The Morgan fingerprint density at radius 3 is 2.12 bits per heavy atom. The van der Waals surface area contributed by atoms with Gasteiger partial charge in [0.1, 0.15) is 0 Å². The summed E-state index contributed by atoms with van der Waals surface area (Å²) in [7, 11) is 0. The Morgan fingerprint density at radius 2 is 1.52 bits per heavy atom. The summed E-state index contributed by atoms with van der Waals surface area (Å²) in [6, 6.07) is 9.68. The summed E-state index contributed by atoms with van der Waals surface area (Å²) < 4.78 is 10.4. The van der Waals surface area contributed by atoms with Gasteiger partial charge in [-0.1, -0.05) is 57.0 Å². The van der Waals surface area contributed by atoms with E-state index < -0.39 is 11.9 Å². The van der Waals surface area contributed by atoms with Crippen molar-refractivity contribution in [2.75, 3.05) is 13.2 Å². The Labute approximate surface area is 150 Å². The molecule has 0 N–H and O–H groups in total. The second kappa shape index (κ2) is 12.1. The fraction of sp³-hybridized carbons (Fsp3) is 0.429. The molecule has 0 saturated heterocycles. The average Bonchev–Trinajstić information content (AvgIpc) is 2.62. The van der Waals surface area contributed by atoms with E-state index in [0.717, 1.165) is 36.8 Å². The first-order chi connectivity index (χ1) is 12.1. The third-order valence-corrected chi connectivity index (χ3v) is 3.58. The van der Waals surface area contributed by atoms with Crippen LogP contribution in [-0.4, -0.2) is 25.2 Å². The third kappa shape index (κ3) is 8.34. The highest BCUT2D eigenvalue weighted by atomic mass is 16.5. The van der Waals surface area contributed by atoms with Gasteiger partial charge in [-0.05, 0) is 37.0 Å². The maximum atomic E-state index is 12.3. The molecule has 0 aliphatic heterocycles. The van der Waals surface area contributed by atoms with Crippen LogP contribution < -0.4 is 0 Å². The first kappa shape index (κ1) is 20.7. The molecule has 0 aliphatic carbocycles. The Hall–Kier alpha value is -2.36. The normalized spacial score (nSPS) is 12.0. The van der Waals surface area contributed by atoms with Crippen LogP contribution in [-0.2, 0) is 19.1 Å². The lowest BCUT2D eigenvalue weighted by Crippen LogP contribution is -2.11. The molecule has 4 heteroatoms. The van der Waals surface area contributed by atoms with Crippen LogP contribution in [0.15, 0.2) is 48.1 Å². The lowest BCUT2D eigenvalue weighted by Gasteiger charge is -2.07. The number of esters is 2. The van der Waals surface area contributed by atoms with E-state index in [1.165, 1.54) is 6.08 Å². The molecule has 0 aromatic heterocycles. The third-order valence-electron chi connectivity index (χ3n) is 3.58. The van der Waals surface area contributed by atoms with Crippen molar-refractivity contribution in [3.05, 3.63) is 53.6 Å². The molecule has 0 spiro atoms. The van der Waals surface area contributed by atoms with Gasteiger partial charge in [0, 0.05) is 6.08 Å². The Balaban J connectivity index is 2.93. The molecule has 0 saturated carbocycles. The zero-order valence-electron chi connectivity index (χ0n) is 15.4. The van der Waals surface area contributed by atoms with Crippen LogP contribution in [0.25, 0.3) is 5.57 Å². The fourth-order valence-corrected chi connectivity index (χ4v) is 2.06.